The third-order valence-electron chi connectivity index (χ3n) is 1.87. The number of carbonyl (C=O) groups is 2. The number of benzene rings is 1. The van der Waals surface area contributed by atoms with Crippen molar-refractivity contribution in [1.29, 1.82) is 0 Å². The number of aryl methyl sites for hydroxylation is 1. The third kappa shape index (κ3) is 3.37. The van der Waals surface area contributed by atoms with Gasteiger partial charge in [-0.15, -0.1) is 5.06 Å². The smallest absolute Gasteiger partial charge is 0.349 e. The van der Waals surface area contributed by atoms with E-state index in [0.29, 0.717) is 0 Å². The van der Waals surface area contributed by atoms with Gasteiger partial charge in [0, 0.05) is 0 Å². The fraction of sp³-hybridized carbons (Fsp3) is 0.200. The molecule has 1 rings (SSSR count). The molecule has 1 aromatic rings. The molecule has 0 aromatic heterocycles. The first kappa shape index (κ1) is 13.8. The zero-order valence-electron chi connectivity index (χ0n) is 9.19. The molecule has 0 spiro atoms. The topological polar surface area (TPSA) is 72.6 Å². The van der Waals surface area contributed by atoms with Gasteiger partial charge in [0.2, 0.25) is 0 Å². The molecule has 0 unspecified atom stereocenters. The number of rotatable bonds is 1. The Balaban J connectivity index is 2.94. The fourth-order valence-corrected chi connectivity index (χ4v) is 1.04. The van der Waals surface area contributed by atoms with Crippen LogP contribution in [-0.2, 0) is 9.63 Å². The van der Waals surface area contributed by atoms with Gasteiger partial charge in [0.05, 0.1) is 5.69 Å². The van der Waals surface area contributed by atoms with Crippen LogP contribution in [0.4, 0.5) is 23.7 Å². The molecule has 0 aliphatic rings. The van der Waals surface area contributed by atoms with Crippen molar-refractivity contribution in [2.24, 2.45) is 5.73 Å². The molecular formula is C10H9F3N2O3. The number of alkyl halides is 3. The number of carbonyl (C=O) groups excluding carboxylic acids is 2. The van der Waals surface area contributed by atoms with Gasteiger partial charge in [0.15, 0.2) is 0 Å². The van der Waals surface area contributed by atoms with E-state index in [4.69, 9.17) is 5.73 Å². The van der Waals surface area contributed by atoms with Gasteiger partial charge >= 0.3 is 18.2 Å². The Morgan fingerprint density at radius 3 is 2.11 bits per heavy atom. The van der Waals surface area contributed by atoms with Crippen molar-refractivity contribution in [1.82, 2.24) is 0 Å². The highest BCUT2D eigenvalue weighted by Crippen LogP contribution is 2.21. The first-order valence-electron chi connectivity index (χ1n) is 4.67. The van der Waals surface area contributed by atoms with E-state index in [1.54, 1.807) is 6.92 Å². The number of nitrogens with two attached hydrogens (primary N) is 1. The summed E-state index contributed by atoms with van der Waals surface area (Å²) in [6, 6.07) is 4.30. The summed E-state index contributed by atoms with van der Waals surface area (Å²) in [7, 11) is 0. The Morgan fingerprint density at radius 1 is 1.22 bits per heavy atom. The molecule has 0 fully saturated rings. The maximum atomic E-state index is 12.0. The van der Waals surface area contributed by atoms with E-state index in [0.717, 1.165) is 5.56 Å². The van der Waals surface area contributed by atoms with Crippen LogP contribution in [0.1, 0.15) is 5.56 Å². The molecule has 8 heteroatoms. The van der Waals surface area contributed by atoms with Crippen LogP contribution in [0.2, 0.25) is 0 Å². The molecule has 0 saturated carbocycles. The Hall–Kier alpha value is -2.25. The van der Waals surface area contributed by atoms with Crippen LogP contribution in [0.5, 0.6) is 0 Å². The van der Waals surface area contributed by atoms with Crippen molar-refractivity contribution in [3.8, 4) is 0 Å². The van der Waals surface area contributed by atoms with Crippen molar-refractivity contribution in [3.63, 3.8) is 0 Å². The lowest BCUT2D eigenvalue weighted by Crippen LogP contribution is -2.41. The lowest BCUT2D eigenvalue weighted by Gasteiger charge is -2.19. The Bertz CT molecular complexity index is 456. The number of halogens is 3. The number of nitrogens with zero attached hydrogens (tertiary/aromatic N) is 1. The van der Waals surface area contributed by atoms with Crippen LogP contribution in [0.25, 0.3) is 0 Å². The van der Waals surface area contributed by atoms with Crippen molar-refractivity contribution in [3.05, 3.63) is 29.8 Å². The second kappa shape index (κ2) is 4.94. The van der Waals surface area contributed by atoms with E-state index in [9.17, 15) is 22.8 Å². The van der Waals surface area contributed by atoms with Crippen molar-refractivity contribution < 1.29 is 27.6 Å². The minimum absolute atomic E-state index is 0.0781. The maximum absolute atomic E-state index is 12.0. The minimum Gasteiger partial charge on any atom is -0.349 e. The van der Waals surface area contributed by atoms with Crippen molar-refractivity contribution >= 4 is 17.7 Å². The first-order chi connectivity index (χ1) is 8.21. The molecule has 0 aliphatic carbocycles. The Morgan fingerprint density at radius 2 is 1.72 bits per heavy atom. The second-order valence-electron chi connectivity index (χ2n) is 3.34. The first-order valence-corrected chi connectivity index (χ1v) is 4.67. The summed E-state index contributed by atoms with van der Waals surface area (Å²) in [6.45, 7) is 1.74. The lowest BCUT2D eigenvalue weighted by atomic mass is 10.2. The lowest BCUT2D eigenvalue weighted by molar-refractivity contribution is -0.199. The van der Waals surface area contributed by atoms with E-state index in [1.165, 1.54) is 24.3 Å². The molecule has 0 saturated heterocycles. The normalized spacial score (nSPS) is 10.9. The van der Waals surface area contributed by atoms with Gasteiger partial charge < -0.3 is 10.6 Å². The SMILES string of the molecule is Cc1ccc(N(OC(=O)C(F)(F)F)C(N)=O)cc1. The molecule has 0 aliphatic heterocycles. The predicted octanol–water partition coefficient (Wildman–Crippen LogP) is 1.90. The summed E-state index contributed by atoms with van der Waals surface area (Å²) in [6.07, 6.45) is -5.21. The monoisotopic (exact) mass is 262 g/mol. The highest BCUT2D eigenvalue weighted by Gasteiger charge is 2.43. The molecule has 98 valence electrons. The standard InChI is InChI=1S/C10H9F3N2O3/c1-6-2-4-7(5-3-6)15(9(14)17)18-8(16)10(11,12)13/h2-5H,1H3,(H2,14,17). The molecule has 5 nitrogen and oxygen atoms in total. The zero-order valence-corrected chi connectivity index (χ0v) is 9.19. The molecule has 18 heavy (non-hydrogen) atoms. The number of amides is 2. The fourth-order valence-electron chi connectivity index (χ4n) is 1.04. The molecule has 2 N–H and O–H groups in total. The van der Waals surface area contributed by atoms with Crippen molar-refractivity contribution in [2.75, 3.05) is 5.06 Å². The molecule has 2 amide bonds. The van der Waals surface area contributed by atoms with Gasteiger partial charge in [-0.2, -0.15) is 13.2 Å². The number of anilines is 1. The van der Waals surface area contributed by atoms with Crippen LogP contribution >= 0.6 is 0 Å². The number of hydrogen-bond donors (Lipinski definition) is 1. The minimum atomic E-state index is -5.21. The van der Waals surface area contributed by atoms with Gasteiger partial charge in [0.1, 0.15) is 0 Å². The average molecular weight is 262 g/mol. The Kier molecular flexibility index (Phi) is 3.79. The number of hydroxylamine groups is 1. The number of primary amides is 1. The highest BCUT2D eigenvalue weighted by atomic mass is 19.4. The summed E-state index contributed by atoms with van der Waals surface area (Å²) < 4.78 is 36.0. The maximum Gasteiger partial charge on any atom is 0.493 e. The van der Waals surface area contributed by atoms with E-state index in [-0.39, 0.29) is 10.8 Å². The molecule has 1 aromatic carbocycles. The van der Waals surface area contributed by atoms with Gasteiger partial charge in [-0.25, -0.2) is 9.59 Å². The van der Waals surface area contributed by atoms with E-state index in [2.05, 4.69) is 4.84 Å². The third-order valence-corrected chi connectivity index (χ3v) is 1.87. The summed E-state index contributed by atoms with van der Waals surface area (Å²) in [5, 5.41) is 0.0786. The second-order valence-corrected chi connectivity index (χ2v) is 3.34. The number of urea groups is 1. The van der Waals surface area contributed by atoms with Crippen molar-refractivity contribution in [2.45, 2.75) is 13.1 Å². The largest absolute Gasteiger partial charge is 0.493 e. The van der Waals surface area contributed by atoms with Crippen LogP contribution in [0, 0.1) is 6.92 Å². The van der Waals surface area contributed by atoms with Gasteiger partial charge in [-0.05, 0) is 19.1 Å². The van der Waals surface area contributed by atoms with E-state index >= 15 is 0 Å². The molecule has 0 radical (unpaired) electrons. The van der Waals surface area contributed by atoms with Crippen LogP contribution < -0.4 is 10.8 Å². The zero-order chi connectivity index (χ0) is 13.9. The molecule has 0 heterocycles. The highest BCUT2D eigenvalue weighted by molar-refractivity contribution is 5.91. The van der Waals surface area contributed by atoms with Crippen LogP contribution in [-0.4, -0.2) is 18.2 Å². The van der Waals surface area contributed by atoms with Gasteiger partial charge in [0.25, 0.3) is 0 Å². The summed E-state index contributed by atoms with van der Waals surface area (Å²) in [5.74, 6) is -2.53. The average Bonchev–Trinajstić information content (AvgIpc) is 2.25. The van der Waals surface area contributed by atoms with Crippen LogP contribution in [0.15, 0.2) is 24.3 Å². The van der Waals surface area contributed by atoms with Crippen LogP contribution in [0.3, 0.4) is 0 Å². The summed E-state index contributed by atoms with van der Waals surface area (Å²) in [5.41, 5.74) is 5.57. The number of hydrogen-bond acceptors (Lipinski definition) is 3. The molecule has 0 bridgehead atoms. The Labute approximate surface area is 99.9 Å². The summed E-state index contributed by atoms with van der Waals surface area (Å²) >= 11 is 0. The predicted molar refractivity (Wildman–Crippen MR) is 55.4 cm³/mol. The molecule has 0 atom stereocenters. The van der Waals surface area contributed by atoms with Gasteiger partial charge in [-0.1, -0.05) is 17.7 Å². The summed E-state index contributed by atoms with van der Waals surface area (Å²) in [4.78, 5) is 25.5. The van der Waals surface area contributed by atoms with E-state index < -0.39 is 18.2 Å². The quantitative estimate of drug-likeness (QED) is 0.785. The molecular weight excluding hydrogens is 253 g/mol. The van der Waals surface area contributed by atoms with E-state index in [1.807, 2.05) is 0 Å². The van der Waals surface area contributed by atoms with Gasteiger partial charge in [-0.3, -0.25) is 0 Å².